The topological polar surface area (TPSA) is 38.5 Å². The molecule has 0 aromatic rings. The van der Waals surface area contributed by atoms with Gasteiger partial charge in [-0.2, -0.15) is 0 Å². The van der Waals surface area contributed by atoms with Crippen LogP contribution < -0.4 is 5.73 Å². The minimum atomic E-state index is 0.306. The first kappa shape index (κ1) is 15.8. The SMILES string of the molecule is COCC1CCCN(C2(CN)CCC3(CCCC3)CC2)C1. The van der Waals surface area contributed by atoms with Gasteiger partial charge in [0, 0.05) is 25.7 Å². The zero-order valence-corrected chi connectivity index (χ0v) is 13.9. The summed E-state index contributed by atoms with van der Waals surface area (Å²) in [6, 6.07) is 0. The van der Waals surface area contributed by atoms with Crippen LogP contribution in [0.4, 0.5) is 0 Å². The fourth-order valence-electron chi connectivity index (χ4n) is 5.39. The molecule has 0 aromatic carbocycles. The lowest BCUT2D eigenvalue weighted by atomic mass is 9.65. The van der Waals surface area contributed by atoms with Gasteiger partial charge in [-0.15, -0.1) is 0 Å². The van der Waals surface area contributed by atoms with Gasteiger partial charge < -0.3 is 10.5 Å². The summed E-state index contributed by atoms with van der Waals surface area (Å²) in [5.41, 5.74) is 7.32. The van der Waals surface area contributed by atoms with E-state index in [1.807, 2.05) is 7.11 Å². The third kappa shape index (κ3) is 3.16. The van der Waals surface area contributed by atoms with Gasteiger partial charge in [-0.05, 0) is 69.2 Å². The van der Waals surface area contributed by atoms with Gasteiger partial charge in [0.15, 0.2) is 0 Å². The lowest BCUT2D eigenvalue weighted by Crippen LogP contribution is -2.59. The Hall–Kier alpha value is -0.120. The van der Waals surface area contributed by atoms with E-state index in [1.54, 1.807) is 0 Å². The Morgan fingerprint density at radius 3 is 2.38 bits per heavy atom. The second-order valence-corrected chi connectivity index (χ2v) is 8.05. The molecule has 0 amide bonds. The smallest absolute Gasteiger partial charge is 0.0502 e. The van der Waals surface area contributed by atoms with Crippen LogP contribution in [0.15, 0.2) is 0 Å². The first-order valence-corrected chi connectivity index (χ1v) is 9.16. The lowest BCUT2D eigenvalue weighted by Gasteiger charge is -2.52. The first-order chi connectivity index (χ1) is 10.2. The van der Waals surface area contributed by atoms with Crippen LogP contribution in [0.25, 0.3) is 0 Å². The zero-order valence-electron chi connectivity index (χ0n) is 13.9. The fourth-order valence-corrected chi connectivity index (χ4v) is 5.39. The van der Waals surface area contributed by atoms with Crippen molar-refractivity contribution in [1.29, 1.82) is 0 Å². The Morgan fingerprint density at radius 2 is 1.76 bits per heavy atom. The van der Waals surface area contributed by atoms with Gasteiger partial charge in [0.2, 0.25) is 0 Å². The number of piperidine rings is 1. The molecule has 1 atom stereocenters. The van der Waals surface area contributed by atoms with Crippen molar-refractivity contribution in [2.24, 2.45) is 17.1 Å². The number of rotatable bonds is 4. The van der Waals surface area contributed by atoms with Crippen molar-refractivity contribution >= 4 is 0 Å². The van der Waals surface area contributed by atoms with Gasteiger partial charge in [0.05, 0.1) is 6.61 Å². The lowest BCUT2D eigenvalue weighted by molar-refractivity contribution is -0.0219. The zero-order chi connectivity index (χ0) is 14.8. The van der Waals surface area contributed by atoms with E-state index in [4.69, 9.17) is 10.5 Å². The molecule has 1 aliphatic heterocycles. The Balaban J connectivity index is 1.64. The molecule has 0 radical (unpaired) electrons. The van der Waals surface area contributed by atoms with E-state index in [9.17, 15) is 0 Å². The summed E-state index contributed by atoms with van der Waals surface area (Å²) in [5, 5.41) is 0. The van der Waals surface area contributed by atoms with Crippen molar-refractivity contribution in [1.82, 2.24) is 4.90 Å². The number of hydrogen-bond acceptors (Lipinski definition) is 3. The highest BCUT2D eigenvalue weighted by atomic mass is 16.5. The molecule has 1 heterocycles. The molecule has 3 nitrogen and oxygen atoms in total. The van der Waals surface area contributed by atoms with Crippen molar-refractivity contribution in [2.75, 3.05) is 33.4 Å². The van der Waals surface area contributed by atoms with Gasteiger partial charge in [0.1, 0.15) is 0 Å². The summed E-state index contributed by atoms with van der Waals surface area (Å²) in [4.78, 5) is 2.75. The highest BCUT2D eigenvalue weighted by Gasteiger charge is 2.46. The fraction of sp³-hybridized carbons (Fsp3) is 1.00. The molecular formula is C18H34N2O. The normalized spacial score (nSPS) is 32.6. The van der Waals surface area contributed by atoms with Crippen molar-refractivity contribution < 1.29 is 4.74 Å². The maximum atomic E-state index is 6.30. The standard InChI is InChI=1S/C18H34N2O/c1-21-14-16-5-4-12-20(13-16)18(15-19)10-8-17(9-11-18)6-2-3-7-17/h16H,2-15,19H2,1H3. The van der Waals surface area contributed by atoms with E-state index in [2.05, 4.69) is 4.90 Å². The molecule has 2 aliphatic carbocycles. The van der Waals surface area contributed by atoms with Crippen LogP contribution in [-0.2, 0) is 4.74 Å². The van der Waals surface area contributed by atoms with Gasteiger partial charge in [-0.3, -0.25) is 4.90 Å². The molecule has 3 heteroatoms. The minimum absolute atomic E-state index is 0.306. The largest absolute Gasteiger partial charge is 0.384 e. The highest BCUT2D eigenvalue weighted by Crippen LogP contribution is 2.52. The number of hydrogen-bond donors (Lipinski definition) is 1. The molecular weight excluding hydrogens is 260 g/mol. The van der Waals surface area contributed by atoms with Crippen LogP contribution in [0.2, 0.25) is 0 Å². The summed E-state index contributed by atoms with van der Waals surface area (Å²) >= 11 is 0. The minimum Gasteiger partial charge on any atom is -0.384 e. The predicted octanol–water partition coefficient (Wildman–Crippen LogP) is 3.18. The number of nitrogens with zero attached hydrogens (tertiary/aromatic N) is 1. The van der Waals surface area contributed by atoms with E-state index >= 15 is 0 Å². The van der Waals surface area contributed by atoms with E-state index in [1.165, 1.54) is 77.3 Å². The molecule has 21 heavy (non-hydrogen) atoms. The van der Waals surface area contributed by atoms with Crippen molar-refractivity contribution in [2.45, 2.75) is 69.7 Å². The molecule has 0 aromatic heterocycles. The summed E-state index contributed by atoms with van der Waals surface area (Å²) in [7, 11) is 1.84. The Bertz CT molecular complexity index is 326. The number of ether oxygens (including phenoxy) is 1. The number of methoxy groups -OCH3 is 1. The Labute approximate surface area is 130 Å². The molecule has 122 valence electrons. The van der Waals surface area contributed by atoms with E-state index in [0.29, 0.717) is 11.0 Å². The second-order valence-electron chi connectivity index (χ2n) is 8.05. The summed E-state index contributed by atoms with van der Waals surface area (Å²) in [5.74, 6) is 0.717. The van der Waals surface area contributed by atoms with Crippen molar-refractivity contribution in [3.8, 4) is 0 Å². The molecule has 3 fully saturated rings. The molecule has 1 spiro atoms. The van der Waals surface area contributed by atoms with Crippen LogP contribution in [0.5, 0.6) is 0 Å². The average Bonchev–Trinajstić information content (AvgIpc) is 2.98. The van der Waals surface area contributed by atoms with Crippen molar-refractivity contribution in [3.63, 3.8) is 0 Å². The quantitative estimate of drug-likeness (QED) is 0.865. The van der Waals surface area contributed by atoms with Crippen molar-refractivity contribution in [3.05, 3.63) is 0 Å². The molecule has 3 aliphatic rings. The maximum Gasteiger partial charge on any atom is 0.0502 e. The monoisotopic (exact) mass is 294 g/mol. The predicted molar refractivity (Wildman–Crippen MR) is 87.3 cm³/mol. The average molecular weight is 294 g/mol. The van der Waals surface area contributed by atoms with E-state index in [0.717, 1.165) is 19.1 Å². The summed E-state index contributed by atoms with van der Waals surface area (Å²) in [6.45, 7) is 4.23. The summed E-state index contributed by atoms with van der Waals surface area (Å²) in [6.07, 6.45) is 14.1. The summed E-state index contributed by atoms with van der Waals surface area (Å²) < 4.78 is 5.40. The first-order valence-electron chi connectivity index (χ1n) is 9.16. The molecule has 3 rings (SSSR count). The van der Waals surface area contributed by atoms with E-state index < -0.39 is 0 Å². The number of nitrogens with two attached hydrogens (primary N) is 1. The third-order valence-electron chi connectivity index (χ3n) is 6.88. The molecule has 2 N–H and O–H groups in total. The van der Waals surface area contributed by atoms with Gasteiger partial charge in [-0.25, -0.2) is 0 Å². The number of likely N-dealkylation sites (tertiary alicyclic amines) is 1. The van der Waals surface area contributed by atoms with Gasteiger partial charge >= 0.3 is 0 Å². The maximum absolute atomic E-state index is 6.30. The molecule has 1 saturated heterocycles. The van der Waals surface area contributed by atoms with Gasteiger partial charge in [0.25, 0.3) is 0 Å². The molecule has 2 saturated carbocycles. The van der Waals surface area contributed by atoms with E-state index in [-0.39, 0.29) is 0 Å². The van der Waals surface area contributed by atoms with Crippen LogP contribution in [0, 0.1) is 11.3 Å². The second kappa shape index (κ2) is 6.55. The highest BCUT2D eigenvalue weighted by molar-refractivity contribution is 5.02. The molecule has 1 unspecified atom stereocenters. The van der Waals surface area contributed by atoms with Crippen LogP contribution in [0.3, 0.4) is 0 Å². The van der Waals surface area contributed by atoms with Crippen LogP contribution in [0.1, 0.15) is 64.2 Å². The molecule has 0 bridgehead atoms. The van der Waals surface area contributed by atoms with Crippen LogP contribution in [-0.4, -0.2) is 43.8 Å². The Kier molecular flexibility index (Phi) is 4.92. The van der Waals surface area contributed by atoms with Crippen LogP contribution >= 0.6 is 0 Å². The van der Waals surface area contributed by atoms with Gasteiger partial charge in [-0.1, -0.05) is 12.8 Å². The Morgan fingerprint density at radius 1 is 1.05 bits per heavy atom. The third-order valence-corrected chi connectivity index (χ3v) is 6.88.